The van der Waals surface area contributed by atoms with Crippen molar-refractivity contribution in [3.8, 4) is 5.75 Å². The van der Waals surface area contributed by atoms with E-state index in [1.54, 1.807) is 30.3 Å². The van der Waals surface area contributed by atoms with Gasteiger partial charge in [-0.1, -0.05) is 99.5 Å². The number of ether oxygens (including phenoxy) is 1. The van der Waals surface area contributed by atoms with Crippen molar-refractivity contribution in [1.82, 2.24) is 4.57 Å². The molecule has 0 bridgehead atoms. The topological polar surface area (TPSA) is 48.3 Å². The molecule has 0 aliphatic heterocycles. The zero-order valence-electron chi connectivity index (χ0n) is 23.0. The number of hydrogen-bond acceptors (Lipinski definition) is 3. The maximum absolute atomic E-state index is 14.2. The van der Waals surface area contributed by atoms with Gasteiger partial charge in [-0.05, 0) is 59.9 Å². The van der Waals surface area contributed by atoms with Crippen LogP contribution >= 0.6 is 11.6 Å². The molecule has 0 saturated heterocycles. The maximum atomic E-state index is 14.2. The third-order valence-corrected chi connectivity index (χ3v) is 7.73. The number of carbonyl (C=O) groups is 2. The second-order valence-electron chi connectivity index (χ2n) is 10.9. The summed E-state index contributed by atoms with van der Waals surface area (Å²) in [7, 11) is 0. The molecule has 0 spiro atoms. The van der Waals surface area contributed by atoms with Gasteiger partial charge in [0.25, 0.3) is 0 Å². The second-order valence-corrected chi connectivity index (χ2v) is 11.3. The summed E-state index contributed by atoms with van der Waals surface area (Å²) in [5.41, 5.74) is 4.65. The summed E-state index contributed by atoms with van der Waals surface area (Å²) in [5, 5.41) is 1.45. The SMILES string of the molecule is CCC(C)(C)Cc1c(C(=O)c2ccccc2)c2cc(OC(=O)c3ccccc3)ccc2n1Cc1ccc(Cl)cc1. The molecule has 40 heavy (non-hydrogen) atoms. The summed E-state index contributed by atoms with van der Waals surface area (Å²) in [6, 6.07) is 31.6. The molecule has 0 unspecified atom stereocenters. The molecule has 5 heteroatoms. The van der Waals surface area contributed by atoms with E-state index in [0.29, 0.717) is 40.4 Å². The lowest BCUT2D eigenvalue weighted by atomic mass is 9.83. The Labute approximate surface area is 240 Å². The van der Waals surface area contributed by atoms with Crippen molar-refractivity contribution in [1.29, 1.82) is 0 Å². The fourth-order valence-electron chi connectivity index (χ4n) is 4.89. The lowest BCUT2D eigenvalue weighted by Crippen LogP contribution is -2.19. The van der Waals surface area contributed by atoms with Crippen molar-refractivity contribution in [2.45, 2.75) is 40.2 Å². The van der Waals surface area contributed by atoms with Crippen LogP contribution in [0.25, 0.3) is 10.9 Å². The smallest absolute Gasteiger partial charge is 0.343 e. The summed E-state index contributed by atoms with van der Waals surface area (Å²) in [6.45, 7) is 7.20. The van der Waals surface area contributed by atoms with Gasteiger partial charge in [-0.3, -0.25) is 4.79 Å². The van der Waals surface area contributed by atoms with Crippen LogP contribution in [0.4, 0.5) is 0 Å². The van der Waals surface area contributed by atoms with Crippen molar-refractivity contribution >= 4 is 34.3 Å². The van der Waals surface area contributed by atoms with Crippen LogP contribution in [0.1, 0.15) is 64.7 Å². The molecule has 0 aliphatic carbocycles. The number of fused-ring (bicyclic) bond motifs is 1. The molecule has 0 aliphatic rings. The van der Waals surface area contributed by atoms with E-state index in [1.807, 2.05) is 72.8 Å². The van der Waals surface area contributed by atoms with Crippen LogP contribution < -0.4 is 4.74 Å². The normalized spacial score (nSPS) is 11.5. The molecule has 0 fully saturated rings. The molecule has 202 valence electrons. The van der Waals surface area contributed by atoms with Crippen molar-refractivity contribution < 1.29 is 14.3 Å². The fourth-order valence-corrected chi connectivity index (χ4v) is 5.02. The first kappa shape index (κ1) is 27.4. The first-order chi connectivity index (χ1) is 19.3. The Morgan fingerprint density at radius 3 is 2.08 bits per heavy atom. The van der Waals surface area contributed by atoms with Gasteiger partial charge in [0.15, 0.2) is 5.78 Å². The highest BCUT2D eigenvalue weighted by atomic mass is 35.5. The number of rotatable bonds is 9. The summed E-state index contributed by atoms with van der Waals surface area (Å²) in [6.07, 6.45) is 1.66. The molecule has 4 nitrogen and oxygen atoms in total. The molecule has 1 heterocycles. The number of carbonyl (C=O) groups excluding carboxylic acids is 2. The minimum Gasteiger partial charge on any atom is -0.423 e. The average Bonchev–Trinajstić information content (AvgIpc) is 3.25. The molecular formula is C35H32ClNO3. The van der Waals surface area contributed by atoms with Crippen LogP contribution in [0.3, 0.4) is 0 Å². The predicted molar refractivity (Wildman–Crippen MR) is 162 cm³/mol. The zero-order valence-corrected chi connectivity index (χ0v) is 23.7. The van der Waals surface area contributed by atoms with Crippen molar-refractivity contribution in [2.24, 2.45) is 5.41 Å². The van der Waals surface area contributed by atoms with Crippen LogP contribution in [-0.4, -0.2) is 16.3 Å². The summed E-state index contributed by atoms with van der Waals surface area (Å²) < 4.78 is 8.01. The summed E-state index contributed by atoms with van der Waals surface area (Å²) >= 11 is 6.17. The fraction of sp³-hybridized carbons (Fsp3) is 0.200. The largest absolute Gasteiger partial charge is 0.423 e. The van der Waals surface area contributed by atoms with Gasteiger partial charge in [-0.15, -0.1) is 0 Å². The zero-order chi connectivity index (χ0) is 28.3. The van der Waals surface area contributed by atoms with E-state index >= 15 is 0 Å². The van der Waals surface area contributed by atoms with E-state index in [9.17, 15) is 9.59 Å². The lowest BCUT2D eigenvalue weighted by Gasteiger charge is -2.25. The Bertz CT molecular complexity index is 1650. The Morgan fingerprint density at radius 1 is 0.825 bits per heavy atom. The van der Waals surface area contributed by atoms with E-state index in [4.69, 9.17) is 16.3 Å². The number of benzene rings is 4. The van der Waals surface area contributed by atoms with E-state index in [2.05, 4.69) is 25.3 Å². The highest BCUT2D eigenvalue weighted by molar-refractivity contribution is 6.30. The van der Waals surface area contributed by atoms with Crippen LogP contribution in [-0.2, 0) is 13.0 Å². The van der Waals surface area contributed by atoms with Gasteiger partial charge < -0.3 is 9.30 Å². The molecule has 0 radical (unpaired) electrons. The van der Waals surface area contributed by atoms with E-state index < -0.39 is 5.97 Å². The number of aromatic nitrogens is 1. The Morgan fingerprint density at radius 2 is 1.45 bits per heavy atom. The first-order valence-corrected chi connectivity index (χ1v) is 13.9. The quantitative estimate of drug-likeness (QED) is 0.105. The highest BCUT2D eigenvalue weighted by Crippen LogP contribution is 2.37. The molecule has 5 aromatic rings. The maximum Gasteiger partial charge on any atom is 0.343 e. The molecular weight excluding hydrogens is 518 g/mol. The van der Waals surface area contributed by atoms with Crippen molar-refractivity contribution in [2.75, 3.05) is 0 Å². The van der Waals surface area contributed by atoms with Gasteiger partial charge in [-0.25, -0.2) is 4.79 Å². The summed E-state index contributed by atoms with van der Waals surface area (Å²) in [5.74, 6) is -0.0915. The third-order valence-electron chi connectivity index (χ3n) is 7.48. The van der Waals surface area contributed by atoms with Gasteiger partial charge in [0, 0.05) is 33.7 Å². The predicted octanol–water partition coefficient (Wildman–Crippen LogP) is 8.77. The molecule has 0 saturated carbocycles. The van der Waals surface area contributed by atoms with Gasteiger partial charge >= 0.3 is 5.97 Å². The summed E-state index contributed by atoms with van der Waals surface area (Å²) in [4.78, 5) is 27.0. The standard InChI is InChI=1S/C35H32ClNO3/c1-4-35(2,3)22-31-32(33(38)25-11-7-5-8-12-25)29-21-28(40-34(39)26-13-9-6-10-14-26)19-20-30(29)37(31)23-24-15-17-27(36)18-16-24/h5-21H,4,22-23H2,1-3H3. The van der Waals surface area contributed by atoms with E-state index in [-0.39, 0.29) is 11.2 Å². The number of nitrogens with zero attached hydrogens (tertiary/aromatic N) is 1. The van der Waals surface area contributed by atoms with E-state index in [1.165, 1.54) is 0 Å². The number of halogens is 1. The van der Waals surface area contributed by atoms with Crippen molar-refractivity contribution in [3.05, 3.63) is 136 Å². The first-order valence-electron chi connectivity index (χ1n) is 13.5. The second kappa shape index (κ2) is 11.5. The molecule has 0 amide bonds. The monoisotopic (exact) mass is 549 g/mol. The molecule has 0 atom stereocenters. The number of esters is 1. The number of ketones is 1. The minimum absolute atomic E-state index is 0.0412. The van der Waals surface area contributed by atoms with E-state index in [0.717, 1.165) is 28.6 Å². The molecule has 4 aromatic carbocycles. The van der Waals surface area contributed by atoms with Gasteiger partial charge in [0.2, 0.25) is 0 Å². The lowest BCUT2D eigenvalue weighted by molar-refractivity contribution is 0.0735. The number of hydrogen-bond donors (Lipinski definition) is 0. The molecule has 1 aromatic heterocycles. The molecule has 5 rings (SSSR count). The Kier molecular flexibility index (Phi) is 7.90. The van der Waals surface area contributed by atoms with Gasteiger partial charge in [-0.2, -0.15) is 0 Å². The van der Waals surface area contributed by atoms with Crippen molar-refractivity contribution in [3.63, 3.8) is 0 Å². The van der Waals surface area contributed by atoms with Crippen LogP contribution in [0.15, 0.2) is 103 Å². The highest BCUT2D eigenvalue weighted by Gasteiger charge is 2.28. The van der Waals surface area contributed by atoms with Crippen LogP contribution in [0, 0.1) is 5.41 Å². The minimum atomic E-state index is -0.441. The Balaban J connectivity index is 1.70. The third kappa shape index (κ3) is 5.88. The van der Waals surface area contributed by atoms with Crippen LogP contribution in [0.5, 0.6) is 5.75 Å². The van der Waals surface area contributed by atoms with Gasteiger partial charge in [0.05, 0.1) is 11.1 Å². The van der Waals surface area contributed by atoms with Crippen LogP contribution in [0.2, 0.25) is 5.02 Å². The van der Waals surface area contributed by atoms with Gasteiger partial charge in [0.1, 0.15) is 5.75 Å². The average molecular weight is 550 g/mol. The Hall–Kier alpha value is -4.15. The molecule has 0 N–H and O–H groups in total.